The van der Waals surface area contributed by atoms with Gasteiger partial charge in [-0.1, -0.05) is 42.5 Å². The third kappa shape index (κ3) is 3.86. The van der Waals surface area contributed by atoms with E-state index in [1.807, 2.05) is 60.0 Å². The fourth-order valence-corrected chi connectivity index (χ4v) is 3.86. The first kappa shape index (κ1) is 19.6. The summed E-state index contributed by atoms with van der Waals surface area (Å²) in [5.41, 5.74) is 10.6. The van der Waals surface area contributed by atoms with Crippen LogP contribution in [0.2, 0.25) is 0 Å². The van der Waals surface area contributed by atoms with Crippen molar-refractivity contribution in [2.45, 2.75) is 6.54 Å². The first-order valence-corrected chi connectivity index (χ1v) is 10.7. The summed E-state index contributed by atoms with van der Waals surface area (Å²) in [6.07, 6.45) is 0. The second-order valence-electron chi connectivity index (χ2n) is 6.92. The second-order valence-corrected chi connectivity index (χ2v) is 7.64. The molecule has 3 heterocycles. The summed E-state index contributed by atoms with van der Waals surface area (Å²) in [5, 5.41) is 8.72. The topological polar surface area (TPSA) is 118 Å². The van der Waals surface area contributed by atoms with E-state index in [-0.39, 0.29) is 12.2 Å². The highest BCUT2D eigenvalue weighted by molar-refractivity contribution is 7.07. The molecular weight excluding hydrogens is 426 g/mol. The molecule has 0 fully saturated rings. The summed E-state index contributed by atoms with van der Waals surface area (Å²) in [6, 6.07) is 18.6. The van der Waals surface area contributed by atoms with Crippen LogP contribution in [0.15, 0.2) is 71.6 Å². The Morgan fingerprint density at radius 2 is 1.81 bits per heavy atom. The molecule has 5 aromatic rings. The number of para-hydroxylation sites is 2. The minimum absolute atomic E-state index is 0.0358. The molecule has 0 saturated carbocycles. The summed E-state index contributed by atoms with van der Waals surface area (Å²) in [7, 11) is 0. The molecule has 0 bridgehead atoms. The number of amides is 2. The standard InChI is InChI=1S/C22H17N7O2S/c30-20(27-28-22(31)17-10-16(25-26-17)14-6-2-1-3-7-14)11-29-19-9-5-4-8-15(19)24-21(29)18-12-32-13-23-18/h1-10,12-13H,11H2,(H,25,26)(H,27,30)(H,28,31). The average molecular weight is 443 g/mol. The van der Waals surface area contributed by atoms with Gasteiger partial charge in [-0.3, -0.25) is 25.5 Å². The Bertz CT molecular complexity index is 1390. The Balaban J connectivity index is 1.29. The number of carbonyl (C=O) groups is 2. The number of hydrogen-bond donors (Lipinski definition) is 3. The van der Waals surface area contributed by atoms with E-state index in [1.54, 1.807) is 16.1 Å². The van der Waals surface area contributed by atoms with Crippen molar-refractivity contribution in [1.82, 2.24) is 35.6 Å². The van der Waals surface area contributed by atoms with Crippen LogP contribution in [0.25, 0.3) is 33.8 Å². The first-order chi connectivity index (χ1) is 15.7. The van der Waals surface area contributed by atoms with Crippen LogP contribution in [0.4, 0.5) is 0 Å². The number of aromatic nitrogens is 5. The number of H-pyrrole nitrogens is 1. The molecule has 32 heavy (non-hydrogen) atoms. The molecule has 3 N–H and O–H groups in total. The van der Waals surface area contributed by atoms with Crippen molar-refractivity contribution in [2.24, 2.45) is 0 Å². The predicted octanol–water partition coefficient (Wildman–Crippen LogP) is 3.01. The van der Waals surface area contributed by atoms with Crippen LogP contribution in [0.5, 0.6) is 0 Å². The fraction of sp³-hybridized carbons (Fsp3) is 0.0455. The molecule has 0 aliphatic heterocycles. The van der Waals surface area contributed by atoms with Gasteiger partial charge in [0.2, 0.25) is 0 Å². The van der Waals surface area contributed by atoms with E-state index in [2.05, 4.69) is 31.0 Å². The van der Waals surface area contributed by atoms with Crippen LogP contribution in [0, 0.1) is 0 Å². The lowest BCUT2D eigenvalue weighted by atomic mass is 10.1. The van der Waals surface area contributed by atoms with Crippen LogP contribution in [0.3, 0.4) is 0 Å². The number of hydrogen-bond acceptors (Lipinski definition) is 6. The van der Waals surface area contributed by atoms with Gasteiger partial charge in [0.05, 0.1) is 22.2 Å². The number of carbonyl (C=O) groups excluding carboxylic acids is 2. The lowest BCUT2D eigenvalue weighted by Crippen LogP contribution is -2.43. The van der Waals surface area contributed by atoms with Gasteiger partial charge < -0.3 is 4.57 Å². The maximum absolute atomic E-state index is 12.6. The van der Waals surface area contributed by atoms with E-state index < -0.39 is 11.8 Å². The number of hydrazine groups is 1. The maximum Gasteiger partial charge on any atom is 0.287 e. The zero-order valence-electron chi connectivity index (χ0n) is 16.6. The smallest absolute Gasteiger partial charge is 0.287 e. The molecule has 0 radical (unpaired) electrons. The van der Waals surface area contributed by atoms with Gasteiger partial charge in [-0.15, -0.1) is 11.3 Å². The molecule has 0 saturated heterocycles. The number of nitrogens with zero attached hydrogens (tertiary/aromatic N) is 4. The van der Waals surface area contributed by atoms with Crippen LogP contribution < -0.4 is 10.9 Å². The van der Waals surface area contributed by atoms with E-state index in [9.17, 15) is 9.59 Å². The van der Waals surface area contributed by atoms with E-state index in [0.717, 1.165) is 16.6 Å². The van der Waals surface area contributed by atoms with Crippen molar-refractivity contribution in [3.63, 3.8) is 0 Å². The first-order valence-electron chi connectivity index (χ1n) is 9.73. The van der Waals surface area contributed by atoms with Crippen LogP contribution in [-0.4, -0.2) is 36.5 Å². The van der Waals surface area contributed by atoms with E-state index in [4.69, 9.17) is 0 Å². The highest BCUT2D eigenvalue weighted by Crippen LogP contribution is 2.24. The van der Waals surface area contributed by atoms with Gasteiger partial charge in [-0.05, 0) is 18.2 Å². The molecule has 3 aromatic heterocycles. The quantitative estimate of drug-likeness (QED) is 0.361. The molecule has 158 valence electrons. The van der Waals surface area contributed by atoms with Crippen molar-refractivity contribution in [1.29, 1.82) is 0 Å². The Labute approximate surface area is 186 Å². The Kier molecular flexibility index (Phi) is 5.18. The molecule has 0 aliphatic rings. The van der Waals surface area contributed by atoms with Gasteiger partial charge in [-0.2, -0.15) is 5.10 Å². The van der Waals surface area contributed by atoms with E-state index >= 15 is 0 Å². The zero-order chi connectivity index (χ0) is 21.9. The summed E-state index contributed by atoms with van der Waals surface area (Å²) < 4.78 is 1.77. The lowest BCUT2D eigenvalue weighted by Gasteiger charge is -2.09. The van der Waals surface area contributed by atoms with E-state index in [0.29, 0.717) is 17.2 Å². The summed E-state index contributed by atoms with van der Waals surface area (Å²) >= 11 is 1.45. The summed E-state index contributed by atoms with van der Waals surface area (Å²) in [5.74, 6) is -0.306. The van der Waals surface area contributed by atoms with Crippen molar-refractivity contribution < 1.29 is 9.59 Å². The van der Waals surface area contributed by atoms with Gasteiger partial charge in [0.15, 0.2) is 5.82 Å². The number of aromatic amines is 1. The number of rotatable bonds is 5. The Morgan fingerprint density at radius 3 is 2.62 bits per heavy atom. The molecule has 2 amide bonds. The van der Waals surface area contributed by atoms with Gasteiger partial charge in [0, 0.05) is 10.9 Å². The van der Waals surface area contributed by atoms with Gasteiger partial charge in [0.25, 0.3) is 11.8 Å². The predicted molar refractivity (Wildman–Crippen MR) is 120 cm³/mol. The molecular formula is C22H17N7O2S. The molecule has 0 unspecified atom stereocenters. The van der Waals surface area contributed by atoms with Gasteiger partial charge in [0.1, 0.15) is 17.9 Å². The SMILES string of the molecule is O=C(Cn1c(-c2cscn2)nc2ccccc21)NNC(=O)c1cc(-c2ccccc2)n[nH]1. The molecule has 10 heteroatoms. The number of benzene rings is 2. The molecule has 0 spiro atoms. The maximum atomic E-state index is 12.6. The van der Waals surface area contributed by atoms with Gasteiger partial charge >= 0.3 is 0 Å². The normalized spacial score (nSPS) is 10.9. The fourth-order valence-electron chi connectivity index (χ4n) is 3.33. The molecule has 2 aromatic carbocycles. The largest absolute Gasteiger partial charge is 0.313 e. The summed E-state index contributed by atoms with van der Waals surface area (Å²) in [4.78, 5) is 34.0. The molecule has 0 aliphatic carbocycles. The Hall–Kier alpha value is -4.31. The number of fused-ring (bicyclic) bond motifs is 1. The molecule has 5 rings (SSSR count). The minimum atomic E-state index is -0.497. The van der Waals surface area contributed by atoms with Crippen molar-refractivity contribution in [3.05, 3.63) is 77.2 Å². The summed E-state index contributed by atoms with van der Waals surface area (Å²) in [6.45, 7) is -0.0358. The number of nitrogens with one attached hydrogen (secondary N) is 3. The number of imidazole rings is 1. The van der Waals surface area contributed by atoms with Crippen LogP contribution in [0.1, 0.15) is 10.5 Å². The lowest BCUT2D eigenvalue weighted by molar-refractivity contribution is -0.122. The van der Waals surface area contributed by atoms with Crippen molar-refractivity contribution in [2.75, 3.05) is 0 Å². The van der Waals surface area contributed by atoms with Crippen LogP contribution in [-0.2, 0) is 11.3 Å². The minimum Gasteiger partial charge on any atom is -0.313 e. The van der Waals surface area contributed by atoms with Crippen LogP contribution >= 0.6 is 11.3 Å². The Morgan fingerprint density at radius 1 is 1.00 bits per heavy atom. The van der Waals surface area contributed by atoms with E-state index in [1.165, 1.54) is 11.3 Å². The average Bonchev–Trinajstić information content (AvgIpc) is 3.58. The monoisotopic (exact) mass is 443 g/mol. The van der Waals surface area contributed by atoms with Crippen molar-refractivity contribution in [3.8, 4) is 22.8 Å². The molecule has 0 atom stereocenters. The highest BCUT2D eigenvalue weighted by atomic mass is 32.1. The zero-order valence-corrected chi connectivity index (χ0v) is 17.5. The number of thiazole rings is 1. The highest BCUT2D eigenvalue weighted by Gasteiger charge is 2.17. The van der Waals surface area contributed by atoms with Gasteiger partial charge in [-0.25, -0.2) is 9.97 Å². The molecule has 9 nitrogen and oxygen atoms in total. The third-order valence-corrected chi connectivity index (χ3v) is 5.41. The third-order valence-electron chi connectivity index (χ3n) is 4.83. The van der Waals surface area contributed by atoms with Crippen molar-refractivity contribution >= 4 is 34.2 Å². The second kappa shape index (κ2) is 8.44.